The second-order valence-corrected chi connectivity index (χ2v) is 9.07. The molecule has 1 amide bonds. The number of ether oxygens (including phenoxy) is 1. The van der Waals surface area contributed by atoms with Crippen LogP contribution in [-0.4, -0.2) is 28.0 Å². The molecule has 1 aromatic carbocycles. The topological polar surface area (TPSA) is 64.1 Å². The van der Waals surface area contributed by atoms with Gasteiger partial charge in [0.05, 0.1) is 0 Å². The summed E-state index contributed by atoms with van der Waals surface area (Å²) >= 11 is 2.98. The molecule has 0 aliphatic heterocycles. The molecule has 2 rings (SSSR count). The number of hydrogen-bond donors (Lipinski definition) is 1. The molecule has 0 saturated carbocycles. The number of hydrogen-bond acceptors (Lipinski definition) is 6. The number of benzene rings is 1. The maximum atomic E-state index is 12.4. The lowest BCUT2D eigenvalue weighted by Gasteiger charge is -2.20. The first-order chi connectivity index (χ1) is 11.8. The summed E-state index contributed by atoms with van der Waals surface area (Å²) in [4.78, 5) is 12.4. The number of carbonyl (C=O) groups is 1. The molecule has 2 aromatic rings. The van der Waals surface area contributed by atoms with Gasteiger partial charge in [-0.2, -0.15) is 0 Å². The molecule has 0 fully saturated rings. The number of rotatable bonds is 7. The zero-order valence-corrected chi connectivity index (χ0v) is 17.0. The van der Waals surface area contributed by atoms with Crippen LogP contribution in [0.1, 0.15) is 46.6 Å². The Morgan fingerprint density at radius 2 is 1.92 bits per heavy atom. The maximum absolute atomic E-state index is 12.4. The normalized spacial score (nSPS) is 12.7. The Bertz CT molecular complexity index is 693. The Morgan fingerprint density at radius 3 is 2.48 bits per heavy atom. The van der Waals surface area contributed by atoms with Crippen LogP contribution in [0, 0.1) is 0 Å². The molecule has 1 heterocycles. The molecule has 136 valence electrons. The highest BCUT2D eigenvalue weighted by atomic mass is 32.2. The highest BCUT2D eigenvalue weighted by Gasteiger charge is 2.21. The maximum Gasteiger partial charge on any atom is 0.267 e. The van der Waals surface area contributed by atoms with Gasteiger partial charge in [0.2, 0.25) is 5.13 Å². The van der Waals surface area contributed by atoms with E-state index in [-0.39, 0.29) is 11.3 Å². The third-order valence-electron chi connectivity index (χ3n) is 3.57. The van der Waals surface area contributed by atoms with E-state index >= 15 is 0 Å². The Balaban J connectivity index is 1.99. The minimum absolute atomic E-state index is 0.0894. The average Bonchev–Trinajstić information content (AvgIpc) is 2.99. The number of carbonyl (C=O) groups excluding carboxylic acids is 1. The Morgan fingerprint density at radius 1 is 1.24 bits per heavy atom. The number of thioether (sulfide) groups is 1. The fourth-order valence-electron chi connectivity index (χ4n) is 2.15. The van der Waals surface area contributed by atoms with Crippen LogP contribution in [0.2, 0.25) is 0 Å². The van der Waals surface area contributed by atoms with Gasteiger partial charge in [0.15, 0.2) is 10.4 Å². The lowest BCUT2D eigenvalue weighted by atomic mass is 9.87. The molecule has 0 spiro atoms. The van der Waals surface area contributed by atoms with Gasteiger partial charge in [0, 0.05) is 0 Å². The molecular formula is C18H25N3O2S2. The molecule has 0 radical (unpaired) electrons. The van der Waals surface area contributed by atoms with Gasteiger partial charge in [-0.1, -0.05) is 69.9 Å². The third-order valence-corrected chi connectivity index (χ3v) is 5.42. The molecule has 1 N–H and O–H groups in total. The predicted octanol–water partition coefficient (Wildman–Crippen LogP) is 4.74. The Hall–Kier alpha value is -1.60. The van der Waals surface area contributed by atoms with Crippen LogP contribution in [0.5, 0.6) is 5.75 Å². The van der Waals surface area contributed by atoms with Crippen LogP contribution in [0.4, 0.5) is 5.13 Å². The number of amides is 1. The van der Waals surface area contributed by atoms with Crippen molar-refractivity contribution in [3.63, 3.8) is 0 Å². The molecule has 25 heavy (non-hydrogen) atoms. The van der Waals surface area contributed by atoms with Crippen LogP contribution in [0.25, 0.3) is 0 Å². The quantitative estimate of drug-likeness (QED) is 0.556. The van der Waals surface area contributed by atoms with Crippen LogP contribution in [0.3, 0.4) is 0 Å². The van der Waals surface area contributed by atoms with Crippen LogP contribution >= 0.6 is 23.1 Å². The summed E-state index contributed by atoms with van der Waals surface area (Å²) in [5.41, 5.74) is 1.32. The second-order valence-electron chi connectivity index (χ2n) is 6.58. The van der Waals surface area contributed by atoms with Crippen molar-refractivity contribution in [1.29, 1.82) is 0 Å². The third kappa shape index (κ3) is 5.71. The Kier molecular flexibility index (Phi) is 6.84. The summed E-state index contributed by atoms with van der Waals surface area (Å²) in [6.07, 6.45) is 0.00838. The number of aromatic nitrogens is 2. The van der Waals surface area contributed by atoms with Crippen LogP contribution in [0.15, 0.2) is 28.6 Å². The SMILES string of the molecule is CCSc1nnc(NC(=O)[C@H](CC)Oc2ccc(C(C)(C)C)cc2)s1. The Labute approximate surface area is 157 Å². The summed E-state index contributed by atoms with van der Waals surface area (Å²) in [7, 11) is 0. The molecule has 0 aliphatic carbocycles. The molecule has 0 aliphatic rings. The van der Waals surface area contributed by atoms with E-state index in [1.54, 1.807) is 11.8 Å². The van der Waals surface area contributed by atoms with Gasteiger partial charge in [0.25, 0.3) is 5.91 Å². The van der Waals surface area contributed by atoms with Crippen molar-refractivity contribution in [1.82, 2.24) is 10.2 Å². The lowest BCUT2D eigenvalue weighted by molar-refractivity contribution is -0.122. The first-order valence-corrected chi connectivity index (χ1v) is 10.2. The van der Waals surface area contributed by atoms with Gasteiger partial charge in [-0.05, 0) is 35.3 Å². The van der Waals surface area contributed by atoms with Gasteiger partial charge in [-0.15, -0.1) is 10.2 Å². The van der Waals surface area contributed by atoms with Crippen molar-refractivity contribution in [3.05, 3.63) is 29.8 Å². The summed E-state index contributed by atoms with van der Waals surface area (Å²) in [5, 5.41) is 11.3. The van der Waals surface area contributed by atoms with E-state index in [4.69, 9.17) is 4.74 Å². The van der Waals surface area contributed by atoms with Crippen molar-refractivity contribution in [2.75, 3.05) is 11.1 Å². The van der Waals surface area contributed by atoms with Crippen LogP contribution in [-0.2, 0) is 10.2 Å². The lowest BCUT2D eigenvalue weighted by Crippen LogP contribution is -2.32. The van der Waals surface area contributed by atoms with E-state index < -0.39 is 6.10 Å². The average molecular weight is 380 g/mol. The molecule has 0 bridgehead atoms. The van der Waals surface area contributed by atoms with Crippen LogP contribution < -0.4 is 10.1 Å². The standard InChI is InChI=1S/C18H25N3O2S2/c1-6-14(15(22)19-16-20-21-17(25-16)24-7-2)23-13-10-8-12(9-11-13)18(3,4)5/h8-11,14H,6-7H2,1-5H3,(H,19,20,22)/t14-/m0/s1. The van der Waals surface area contributed by atoms with Crippen molar-refractivity contribution in [3.8, 4) is 5.75 Å². The molecule has 1 aromatic heterocycles. The zero-order chi connectivity index (χ0) is 18.4. The van der Waals surface area contributed by atoms with E-state index in [2.05, 4.69) is 43.2 Å². The van der Waals surface area contributed by atoms with E-state index in [9.17, 15) is 4.79 Å². The summed E-state index contributed by atoms with van der Waals surface area (Å²) < 4.78 is 6.71. The fraction of sp³-hybridized carbons (Fsp3) is 0.500. The molecule has 0 unspecified atom stereocenters. The first-order valence-electron chi connectivity index (χ1n) is 8.37. The molecule has 0 saturated heterocycles. The van der Waals surface area contributed by atoms with Gasteiger partial charge < -0.3 is 4.74 Å². The molecular weight excluding hydrogens is 354 g/mol. The number of nitrogens with zero attached hydrogens (tertiary/aromatic N) is 2. The van der Waals surface area contributed by atoms with Crippen molar-refractivity contribution in [2.45, 2.75) is 56.9 Å². The smallest absolute Gasteiger partial charge is 0.267 e. The second kappa shape index (κ2) is 8.67. The van der Waals surface area contributed by atoms with Gasteiger partial charge in [-0.25, -0.2) is 0 Å². The molecule has 7 heteroatoms. The van der Waals surface area contributed by atoms with E-state index in [1.807, 2.05) is 31.2 Å². The van der Waals surface area contributed by atoms with E-state index in [1.165, 1.54) is 16.9 Å². The monoisotopic (exact) mass is 379 g/mol. The highest BCUT2D eigenvalue weighted by Crippen LogP contribution is 2.26. The minimum atomic E-state index is -0.563. The highest BCUT2D eigenvalue weighted by molar-refractivity contribution is 8.01. The van der Waals surface area contributed by atoms with Gasteiger partial charge in [0.1, 0.15) is 5.75 Å². The predicted molar refractivity (Wildman–Crippen MR) is 105 cm³/mol. The zero-order valence-electron chi connectivity index (χ0n) is 15.3. The first kappa shape index (κ1) is 19.7. The van der Waals surface area contributed by atoms with E-state index in [0.29, 0.717) is 17.3 Å². The van der Waals surface area contributed by atoms with Gasteiger partial charge >= 0.3 is 0 Å². The summed E-state index contributed by atoms with van der Waals surface area (Å²) in [6.45, 7) is 10.5. The van der Waals surface area contributed by atoms with E-state index in [0.717, 1.165) is 10.1 Å². The minimum Gasteiger partial charge on any atom is -0.481 e. The number of nitrogens with one attached hydrogen (secondary N) is 1. The van der Waals surface area contributed by atoms with Gasteiger partial charge in [-0.3, -0.25) is 10.1 Å². The summed E-state index contributed by atoms with van der Waals surface area (Å²) in [5.74, 6) is 1.41. The fourth-order valence-corrected chi connectivity index (χ4v) is 3.80. The van der Waals surface area contributed by atoms with Crippen molar-refractivity contribution in [2.24, 2.45) is 0 Å². The largest absolute Gasteiger partial charge is 0.481 e. The number of anilines is 1. The molecule has 1 atom stereocenters. The summed E-state index contributed by atoms with van der Waals surface area (Å²) in [6, 6.07) is 7.91. The van der Waals surface area contributed by atoms with Crippen molar-refractivity contribution < 1.29 is 9.53 Å². The van der Waals surface area contributed by atoms with Crippen molar-refractivity contribution >= 4 is 34.1 Å². The molecule has 5 nitrogen and oxygen atoms in total.